The highest BCUT2D eigenvalue weighted by molar-refractivity contribution is 5.95. The topological polar surface area (TPSA) is 60.2 Å². The molecule has 8 nitrogen and oxygen atoms in total. The van der Waals surface area contributed by atoms with Gasteiger partial charge in [-0.25, -0.2) is 9.97 Å². The van der Waals surface area contributed by atoms with Crippen molar-refractivity contribution in [2.75, 3.05) is 69.2 Å². The highest BCUT2D eigenvalue weighted by Crippen LogP contribution is 2.21. The molecule has 8 heteroatoms. The summed E-state index contributed by atoms with van der Waals surface area (Å²) >= 11 is 0. The molecule has 0 bridgehead atoms. The van der Waals surface area contributed by atoms with E-state index in [0.717, 1.165) is 62.0 Å². The number of likely N-dealkylation sites (N-methyl/N-ethyl adjacent to an activating group) is 1. The summed E-state index contributed by atoms with van der Waals surface area (Å²) in [5, 5.41) is 0. The van der Waals surface area contributed by atoms with E-state index in [2.05, 4.69) is 37.8 Å². The van der Waals surface area contributed by atoms with Gasteiger partial charge in [0.15, 0.2) is 0 Å². The summed E-state index contributed by atoms with van der Waals surface area (Å²) < 4.78 is 1.99. The Bertz CT molecular complexity index is 1000. The van der Waals surface area contributed by atoms with Crippen molar-refractivity contribution in [3.8, 4) is 0 Å². The van der Waals surface area contributed by atoms with E-state index in [4.69, 9.17) is 0 Å². The Morgan fingerprint density at radius 1 is 0.867 bits per heavy atom. The number of carbonyl (C=O) groups is 1. The van der Waals surface area contributed by atoms with E-state index in [9.17, 15) is 4.79 Å². The van der Waals surface area contributed by atoms with Gasteiger partial charge in [-0.2, -0.15) is 0 Å². The van der Waals surface area contributed by atoms with Gasteiger partial charge >= 0.3 is 0 Å². The number of rotatable bonds is 3. The van der Waals surface area contributed by atoms with Crippen molar-refractivity contribution in [2.45, 2.75) is 0 Å². The van der Waals surface area contributed by atoms with E-state index < -0.39 is 0 Å². The molecule has 0 aliphatic carbocycles. The van der Waals surface area contributed by atoms with E-state index in [1.165, 1.54) is 0 Å². The zero-order chi connectivity index (χ0) is 20.5. The quantitative estimate of drug-likeness (QED) is 0.657. The summed E-state index contributed by atoms with van der Waals surface area (Å²) in [6.07, 6.45) is 5.54. The largest absolute Gasteiger partial charge is 0.354 e. The van der Waals surface area contributed by atoms with Crippen LogP contribution in [0.1, 0.15) is 10.4 Å². The van der Waals surface area contributed by atoms with E-state index in [1.54, 1.807) is 6.33 Å². The Hall–Kier alpha value is -3.13. The number of amides is 1. The third kappa shape index (κ3) is 3.70. The predicted molar refractivity (Wildman–Crippen MR) is 117 cm³/mol. The van der Waals surface area contributed by atoms with Crippen molar-refractivity contribution >= 4 is 23.1 Å². The second kappa shape index (κ2) is 7.95. The number of pyridine rings is 1. The minimum absolute atomic E-state index is 0.0964. The number of anilines is 2. The third-order valence-corrected chi connectivity index (χ3v) is 6.11. The lowest BCUT2D eigenvalue weighted by atomic mass is 10.2. The van der Waals surface area contributed by atoms with Gasteiger partial charge < -0.3 is 24.0 Å². The highest BCUT2D eigenvalue weighted by Gasteiger charge is 2.24. The fraction of sp³-hybridized carbons (Fsp3) is 0.409. The number of hydrogen-bond donors (Lipinski definition) is 0. The van der Waals surface area contributed by atoms with E-state index >= 15 is 0 Å². The predicted octanol–water partition coefficient (Wildman–Crippen LogP) is 1.44. The number of piperazine rings is 2. The van der Waals surface area contributed by atoms with Gasteiger partial charge in [0.25, 0.3) is 5.91 Å². The average Bonchev–Trinajstić information content (AvgIpc) is 3.24. The van der Waals surface area contributed by atoms with Gasteiger partial charge in [-0.15, -0.1) is 0 Å². The number of nitrogens with zero attached hydrogens (tertiary/aromatic N) is 7. The molecule has 2 fully saturated rings. The molecule has 0 unspecified atom stereocenters. The molecule has 3 aromatic heterocycles. The van der Waals surface area contributed by atoms with E-state index in [1.807, 2.05) is 46.0 Å². The summed E-state index contributed by atoms with van der Waals surface area (Å²) in [4.78, 5) is 30.8. The van der Waals surface area contributed by atoms with Crippen LogP contribution in [-0.4, -0.2) is 89.5 Å². The number of fused-ring (bicyclic) bond motifs is 1. The molecule has 3 aromatic rings. The van der Waals surface area contributed by atoms with Crippen LogP contribution in [0, 0.1) is 0 Å². The Morgan fingerprint density at radius 3 is 2.20 bits per heavy atom. The minimum Gasteiger partial charge on any atom is -0.354 e. The summed E-state index contributed by atoms with van der Waals surface area (Å²) in [6, 6.07) is 10.0. The molecule has 0 saturated carbocycles. The van der Waals surface area contributed by atoms with Crippen LogP contribution in [0.25, 0.3) is 5.52 Å². The van der Waals surface area contributed by atoms with Gasteiger partial charge in [-0.3, -0.25) is 4.79 Å². The summed E-state index contributed by atoms with van der Waals surface area (Å²) in [5.41, 5.74) is 1.78. The highest BCUT2D eigenvalue weighted by atomic mass is 16.2. The molecular weight excluding hydrogens is 378 g/mol. The third-order valence-electron chi connectivity index (χ3n) is 6.11. The first-order valence-electron chi connectivity index (χ1n) is 10.5. The molecule has 1 amide bonds. The summed E-state index contributed by atoms with van der Waals surface area (Å²) in [6.45, 7) is 7.02. The monoisotopic (exact) mass is 405 g/mol. The molecule has 0 spiro atoms. The Morgan fingerprint density at radius 2 is 1.53 bits per heavy atom. The van der Waals surface area contributed by atoms with Crippen molar-refractivity contribution in [2.24, 2.45) is 0 Å². The first-order chi connectivity index (χ1) is 14.7. The van der Waals surface area contributed by atoms with Crippen molar-refractivity contribution < 1.29 is 4.79 Å². The van der Waals surface area contributed by atoms with Crippen LogP contribution < -0.4 is 9.80 Å². The number of carbonyl (C=O) groups excluding carboxylic acids is 1. The molecule has 0 aromatic carbocycles. The van der Waals surface area contributed by atoms with Crippen LogP contribution in [0.4, 0.5) is 11.6 Å². The lowest BCUT2D eigenvalue weighted by Crippen LogP contribution is -2.49. The fourth-order valence-electron chi connectivity index (χ4n) is 4.21. The SMILES string of the molecule is CN1CCN(c2cc(N3CCN(C(=O)c4cc5ccccn5c4)CC3)ncn2)CC1. The van der Waals surface area contributed by atoms with Crippen molar-refractivity contribution in [1.82, 2.24) is 24.2 Å². The van der Waals surface area contributed by atoms with Gasteiger partial charge in [0.1, 0.15) is 18.0 Å². The normalized spacial score (nSPS) is 18.2. The molecule has 5 heterocycles. The molecule has 156 valence electrons. The maximum Gasteiger partial charge on any atom is 0.255 e. The van der Waals surface area contributed by atoms with Crippen LogP contribution in [0.3, 0.4) is 0 Å². The Balaban J connectivity index is 1.23. The maximum atomic E-state index is 13.0. The van der Waals surface area contributed by atoms with E-state index in [0.29, 0.717) is 13.1 Å². The van der Waals surface area contributed by atoms with Gasteiger partial charge in [-0.1, -0.05) is 6.07 Å². The first kappa shape index (κ1) is 18.9. The zero-order valence-corrected chi connectivity index (χ0v) is 17.3. The number of hydrogen-bond acceptors (Lipinski definition) is 6. The van der Waals surface area contributed by atoms with Gasteiger partial charge in [0.05, 0.1) is 5.56 Å². The molecule has 2 aliphatic rings. The van der Waals surface area contributed by atoms with E-state index in [-0.39, 0.29) is 5.91 Å². The molecule has 0 atom stereocenters. The molecule has 0 radical (unpaired) electrons. The van der Waals surface area contributed by atoms with Gasteiger partial charge in [-0.05, 0) is 25.2 Å². The smallest absolute Gasteiger partial charge is 0.255 e. The first-order valence-corrected chi connectivity index (χ1v) is 10.5. The number of aromatic nitrogens is 3. The van der Waals surface area contributed by atoms with Crippen molar-refractivity contribution in [3.63, 3.8) is 0 Å². The molecule has 2 saturated heterocycles. The Labute approximate surface area is 176 Å². The van der Waals surface area contributed by atoms with Crippen LogP contribution in [0.15, 0.2) is 49.1 Å². The molecule has 0 N–H and O–H groups in total. The summed E-state index contributed by atoms with van der Waals surface area (Å²) in [5.74, 6) is 2.03. The molecule has 5 rings (SSSR count). The second-order valence-corrected chi connectivity index (χ2v) is 8.07. The van der Waals surface area contributed by atoms with Crippen LogP contribution in [-0.2, 0) is 0 Å². The van der Waals surface area contributed by atoms with Gasteiger partial charge in [0, 0.05) is 76.3 Å². The summed E-state index contributed by atoms with van der Waals surface area (Å²) in [7, 11) is 2.15. The standard InChI is InChI=1S/C22H27N7O/c1-25-6-8-26(9-7-25)20-15-21(24-17-23-20)27-10-12-28(13-11-27)22(30)18-14-19-4-2-3-5-29(19)16-18/h2-5,14-17H,6-13H2,1H3. The molecule has 30 heavy (non-hydrogen) atoms. The lowest BCUT2D eigenvalue weighted by Gasteiger charge is -2.36. The minimum atomic E-state index is 0.0964. The second-order valence-electron chi connectivity index (χ2n) is 8.07. The lowest BCUT2D eigenvalue weighted by molar-refractivity contribution is 0.0746. The molecular formula is C22H27N7O. The van der Waals surface area contributed by atoms with Crippen LogP contribution in [0.5, 0.6) is 0 Å². The van der Waals surface area contributed by atoms with Crippen molar-refractivity contribution in [3.05, 3.63) is 54.6 Å². The van der Waals surface area contributed by atoms with Crippen LogP contribution >= 0.6 is 0 Å². The Kier molecular flexibility index (Phi) is 5.00. The molecule has 2 aliphatic heterocycles. The van der Waals surface area contributed by atoms with Gasteiger partial charge in [0.2, 0.25) is 0 Å². The van der Waals surface area contributed by atoms with Crippen molar-refractivity contribution in [1.29, 1.82) is 0 Å². The fourth-order valence-corrected chi connectivity index (χ4v) is 4.21. The van der Waals surface area contributed by atoms with Crippen LogP contribution in [0.2, 0.25) is 0 Å². The average molecular weight is 406 g/mol. The zero-order valence-electron chi connectivity index (χ0n) is 17.3. The maximum absolute atomic E-state index is 13.0.